The van der Waals surface area contributed by atoms with Crippen LogP contribution in [0, 0.1) is 11.2 Å². The number of halogens is 3. The summed E-state index contributed by atoms with van der Waals surface area (Å²) < 4.78 is 20.6. The molecule has 0 saturated heterocycles. The van der Waals surface area contributed by atoms with Crippen molar-refractivity contribution in [2.24, 2.45) is 5.73 Å². The molecule has 0 atom stereocenters. The highest BCUT2D eigenvalue weighted by Gasteiger charge is 2.14. The number of nitrogens with two attached hydrogens (primary N) is 1. The van der Waals surface area contributed by atoms with E-state index in [9.17, 15) is 4.39 Å². The molecule has 2 aromatic rings. The van der Waals surface area contributed by atoms with Crippen molar-refractivity contribution in [2.75, 3.05) is 0 Å². The molecule has 0 aliphatic rings. The average molecular weight is 402 g/mol. The van der Waals surface area contributed by atoms with Gasteiger partial charge in [-0.25, -0.2) is 4.39 Å². The summed E-state index contributed by atoms with van der Waals surface area (Å²) in [6.45, 7) is 0.252. The summed E-state index contributed by atoms with van der Waals surface area (Å²) in [4.78, 5) is 0. The zero-order valence-electron chi connectivity index (χ0n) is 10.3. The van der Waals surface area contributed by atoms with Gasteiger partial charge in [0.05, 0.1) is 4.47 Å². The number of amidine groups is 1. The van der Waals surface area contributed by atoms with Crippen molar-refractivity contribution >= 4 is 37.7 Å². The van der Waals surface area contributed by atoms with Crippen molar-refractivity contribution in [2.45, 2.75) is 6.61 Å². The van der Waals surface area contributed by atoms with Gasteiger partial charge in [-0.05, 0) is 45.8 Å². The first kappa shape index (κ1) is 15.0. The van der Waals surface area contributed by atoms with Gasteiger partial charge in [0.15, 0.2) is 11.6 Å². The molecule has 0 bridgehead atoms. The van der Waals surface area contributed by atoms with Crippen LogP contribution in [-0.4, -0.2) is 5.84 Å². The Bertz CT molecular complexity index is 662. The molecule has 0 amide bonds. The standard InChI is InChI=1S/C14H11Br2FN2O/c15-9-3-1-2-8(6-9)7-20-11-5-4-10(14(18)19)12(16)13(11)17/h1-6H,7H2,(H3,18,19). The SMILES string of the molecule is N=C(N)c1ccc(OCc2cccc(Br)c2)c(F)c1Br. The molecule has 3 nitrogen and oxygen atoms in total. The number of hydrogen-bond donors (Lipinski definition) is 2. The lowest BCUT2D eigenvalue weighted by molar-refractivity contribution is 0.289. The maximum absolute atomic E-state index is 14.1. The summed E-state index contributed by atoms with van der Waals surface area (Å²) in [5, 5.41) is 7.34. The molecule has 0 spiro atoms. The molecule has 6 heteroatoms. The minimum absolute atomic E-state index is 0.113. The summed E-state index contributed by atoms with van der Waals surface area (Å²) in [5.41, 5.74) is 6.58. The van der Waals surface area contributed by atoms with E-state index in [4.69, 9.17) is 15.9 Å². The Morgan fingerprint density at radius 1 is 1.25 bits per heavy atom. The van der Waals surface area contributed by atoms with Gasteiger partial charge in [0.1, 0.15) is 12.4 Å². The maximum Gasteiger partial charge on any atom is 0.179 e. The predicted octanol–water partition coefficient (Wildman–Crippen LogP) is 4.21. The lowest BCUT2D eigenvalue weighted by Crippen LogP contribution is -2.12. The van der Waals surface area contributed by atoms with E-state index in [-0.39, 0.29) is 22.7 Å². The number of nitrogen functional groups attached to an aromatic ring is 1. The van der Waals surface area contributed by atoms with Crippen LogP contribution in [0.4, 0.5) is 4.39 Å². The highest BCUT2D eigenvalue weighted by Crippen LogP contribution is 2.29. The Balaban J connectivity index is 2.18. The van der Waals surface area contributed by atoms with Crippen molar-refractivity contribution in [3.05, 3.63) is 62.3 Å². The second-order valence-electron chi connectivity index (χ2n) is 4.07. The smallest absolute Gasteiger partial charge is 0.179 e. The zero-order chi connectivity index (χ0) is 14.7. The molecule has 0 unspecified atom stereocenters. The Hall–Kier alpha value is -1.40. The van der Waals surface area contributed by atoms with Gasteiger partial charge in [-0.3, -0.25) is 5.41 Å². The van der Waals surface area contributed by atoms with Gasteiger partial charge in [0.2, 0.25) is 0 Å². The summed E-state index contributed by atoms with van der Waals surface area (Å²) in [6.07, 6.45) is 0. The molecule has 0 aromatic heterocycles. The first-order valence-corrected chi connectivity index (χ1v) is 7.27. The van der Waals surface area contributed by atoms with E-state index in [2.05, 4.69) is 31.9 Å². The largest absolute Gasteiger partial charge is 0.486 e. The monoisotopic (exact) mass is 400 g/mol. The van der Waals surface area contributed by atoms with Crippen LogP contribution in [0.25, 0.3) is 0 Å². The fraction of sp³-hybridized carbons (Fsp3) is 0.0714. The van der Waals surface area contributed by atoms with Crippen molar-refractivity contribution < 1.29 is 9.13 Å². The number of ether oxygens (including phenoxy) is 1. The van der Waals surface area contributed by atoms with Gasteiger partial charge >= 0.3 is 0 Å². The van der Waals surface area contributed by atoms with E-state index in [1.165, 1.54) is 6.07 Å². The van der Waals surface area contributed by atoms with E-state index in [1.54, 1.807) is 6.07 Å². The first-order chi connectivity index (χ1) is 9.49. The molecule has 2 aromatic carbocycles. The van der Waals surface area contributed by atoms with E-state index >= 15 is 0 Å². The molecule has 104 valence electrons. The molecule has 3 N–H and O–H groups in total. The van der Waals surface area contributed by atoms with E-state index in [1.807, 2.05) is 24.3 Å². The molecule has 0 radical (unpaired) electrons. The predicted molar refractivity (Wildman–Crippen MR) is 83.6 cm³/mol. The van der Waals surface area contributed by atoms with E-state index in [0.29, 0.717) is 5.56 Å². The van der Waals surface area contributed by atoms with Gasteiger partial charge in [-0.2, -0.15) is 0 Å². The Kier molecular flexibility index (Phi) is 4.77. The quantitative estimate of drug-likeness (QED) is 0.595. The maximum atomic E-state index is 14.1. The number of nitrogens with one attached hydrogen (secondary N) is 1. The second-order valence-corrected chi connectivity index (χ2v) is 5.78. The topological polar surface area (TPSA) is 59.1 Å². The van der Waals surface area contributed by atoms with Crippen LogP contribution < -0.4 is 10.5 Å². The van der Waals surface area contributed by atoms with Gasteiger partial charge in [-0.15, -0.1) is 0 Å². The van der Waals surface area contributed by atoms with Gasteiger partial charge in [0.25, 0.3) is 0 Å². The molecular weight excluding hydrogens is 391 g/mol. The summed E-state index contributed by atoms with van der Waals surface area (Å²) >= 11 is 6.45. The summed E-state index contributed by atoms with van der Waals surface area (Å²) in [5.74, 6) is -0.649. The van der Waals surface area contributed by atoms with Crippen molar-refractivity contribution in [1.29, 1.82) is 5.41 Å². The minimum Gasteiger partial charge on any atom is -0.486 e. The minimum atomic E-state index is -0.562. The molecule has 0 aliphatic carbocycles. The molecule has 0 saturated carbocycles. The molecule has 20 heavy (non-hydrogen) atoms. The van der Waals surface area contributed by atoms with Gasteiger partial charge < -0.3 is 10.5 Å². The van der Waals surface area contributed by atoms with Crippen molar-refractivity contribution in [3.8, 4) is 5.75 Å². The Labute approximate surface area is 132 Å². The van der Waals surface area contributed by atoms with Crippen LogP contribution in [0.1, 0.15) is 11.1 Å². The van der Waals surface area contributed by atoms with Crippen LogP contribution in [-0.2, 0) is 6.61 Å². The van der Waals surface area contributed by atoms with Crippen LogP contribution in [0.2, 0.25) is 0 Å². The third kappa shape index (κ3) is 3.37. The fourth-order valence-electron chi connectivity index (χ4n) is 1.64. The van der Waals surface area contributed by atoms with Gasteiger partial charge in [0, 0.05) is 10.0 Å². The summed E-state index contributed by atoms with van der Waals surface area (Å²) in [6, 6.07) is 10.6. The van der Waals surface area contributed by atoms with Crippen LogP contribution in [0.15, 0.2) is 45.3 Å². The number of rotatable bonds is 4. The van der Waals surface area contributed by atoms with Crippen molar-refractivity contribution in [1.82, 2.24) is 0 Å². The normalized spacial score (nSPS) is 10.3. The highest BCUT2D eigenvalue weighted by molar-refractivity contribution is 9.10. The highest BCUT2D eigenvalue weighted by atomic mass is 79.9. The third-order valence-corrected chi connectivity index (χ3v) is 3.89. The fourth-order valence-corrected chi connectivity index (χ4v) is 2.63. The molecular formula is C14H11Br2FN2O. The molecule has 0 fully saturated rings. The van der Waals surface area contributed by atoms with Gasteiger partial charge in [-0.1, -0.05) is 28.1 Å². The lowest BCUT2D eigenvalue weighted by Gasteiger charge is -2.11. The lowest BCUT2D eigenvalue weighted by atomic mass is 10.2. The zero-order valence-corrected chi connectivity index (χ0v) is 13.5. The average Bonchev–Trinajstić information content (AvgIpc) is 2.40. The molecule has 0 heterocycles. The van der Waals surface area contributed by atoms with Crippen LogP contribution in [0.5, 0.6) is 5.75 Å². The van der Waals surface area contributed by atoms with E-state index < -0.39 is 5.82 Å². The van der Waals surface area contributed by atoms with Crippen molar-refractivity contribution in [3.63, 3.8) is 0 Å². The number of benzene rings is 2. The molecule has 0 aliphatic heterocycles. The summed E-state index contributed by atoms with van der Waals surface area (Å²) in [7, 11) is 0. The van der Waals surface area contributed by atoms with E-state index in [0.717, 1.165) is 10.0 Å². The Morgan fingerprint density at radius 2 is 2.00 bits per heavy atom. The Morgan fingerprint density at radius 3 is 2.65 bits per heavy atom. The molecule has 2 rings (SSSR count). The van der Waals surface area contributed by atoms with Crippen LogP contribution >= 0.6 is 31.9 Å². The first-order valence-electron chi connectivity index (χ1n) is 5.68. The second kappa shape index (κ2) is 6.37. The third-order valence-electron chi connectivity index (χ3n) is 2.62. The van der Waals surface area contributed by atoms with Crippen LogP contribution in [0.3, 0.4) is 0 Å². The number of hydrogen-bond acceptors (Lipinski definition) is 2.